The second-order valence-electron chi connectivity index (χ2n) is 4.86. The fourth-order valence-corrected chi connectivity index (χ4v) is 2.09. The molecule has 0 aliphatic rings. The SMILES string of the molecule is CCCN(CC)CCNC(=O)Nc1cc(C)[nH]c1C(=O)O. The number of carbonyl (C=O) groups is 2. The van der Waals surface area contributed by atoms with Crippen molar-refractivity contribution < 1.29 is 14.7 Å². The molecule has 1 heterocycles. The molecule has 7 nitrogen and oxygen atoms in total. The summed E-state index contributed by atoms with van der Waals surface area (Å²) >= 11 is 0. The van der Waals surface area contributed by atoms with Crippen molar-refractivity contribution >= 4 is 17.7 Å². The van der Waals surface area contributed by atoms with Gasteiger partial charge in [0.15, 0.2) is 0 Å². The number of aromatic nitrogens is 1. The van der Waals surface area contributed by atoms with E-state index in [-0.39, 0.29) is 11.4 Å². The summed E-state index contributed by atoms with van der Waals surface area (Å²) in [4.78, 5) is 27.7. The van der Waals surface area contributed by atoms with Gasteiger partial charge in [0.2, 0.25) is 0 Å². The molecule has 2 amide bonds. The highest BCUT2D eigenvalue weighted by Crippen LogP contribution is 2.16. The maximum atomic E-state index is 11.8. The average molecular weight is 296 g/mol. The lowest BCUT2D eigenvalue weighted by molar-refractivity contribution is 0.0692. The first kappa shape index (κ1) is 17.0. The van der Waals surface area contributed by atoms with Crippen molar-refractivity contribution in [1.82, 2.24) is 15.2 Å². The molecule has 21 heavy (non-hydrogen) atoms. The third kappa shape index (κ3) is 5.47. The summed E-state index contributed by atoms with van der Waals surface area (Å²) in [6.45, 7) is 9.17. The van der Waals surface area contributed by atoms with Crippen molar-refractivity contribution in [3.05, 3.63) is 17.5 Å². The van der Waals surface area contributed by atoms with Crippen molar-refractivity contribution in [2.24, 2.45) is 0 Å². The molecule has 0 saturated heterocycles. The third-order valence-corrected chi connectivity index (χ3v) is 3.12. The van der Waals surface area contributed by atoms with Crippen LogP contribution in [0.3, 0.4) is 0 Å². The third-order valence-electron chi connectivity index (χ3n) is 3.12. The van der Waals surface area contributed by atoms with Crippen LogP contribution in [-0.2, 0) is 0 Å². The minimum atomic E-state index is -1.10. The summed E-state index contributed by atoms with van der Waals surface area (Å²) in [5.74, 6) is -1.10. The first-order valence-corrected chi connectivity index (χ1v) is 7.18. The number of urea groups is 1. The molecule has 7 heteroatoms. The van der Waals surface area contributed by atoms with Gasteiger partial charge in [-0.15, -0.1) is 0 Å². The number of carbonyl (C=O) groups excluding carboxylic acids is 1. The van der Waals surface area contributed by atoms with Gasteiger partial charge in [-0.2, -0.15) is 0 Å². The molecule has 1 aromatic rings. The van der Waals surface area contributed by atoms with Gasteiger partial charge in [-0.05, 0) is 32.5 Å². The number of nitrogens with zero attached hydrogens (tertiary/aromatic N) is 1. The van der Waals surface area contributed by atoms with Gasteiger partial charge in [0.1, 0.15) is 5.69 Å². The fourth-order valence-electron chi connectivity index (χ4n) is 2.09. The number of hydrogen-bond donors (Lipinski definition) is 4. The smallest absolute Gasteiger partial charge is 0.354 e. The second-order valence-corrected chi connectivity index (χ2v) is 4.86. The monoisotopic (exact) mass is 296 g/mol. The van der Waals surface area contributed by atoms with Gasteiger partial charge < -0.3 is 25.6 Å². The van der Waals surface area contributed by atoms with Gasteiger partial charge in [0.25, 0.3) is 0 Å². The Morgan fingerprint density at radius 1 is 1.33 bits per heavy atom. The van der Waals surface area contributed by atoms with Gasteiger partial charge >= 0.3 is 12.0 Å². The lowest BCUT2D eigenvalue weighted by Crippen LogP contribution is -2.37. The van der Waals surface area contributed by atoms with E-state index in [1.165, 1.54) is 0 Å². The molecule has 0 unspecified atom stereocenters. The molecule has 0 aromatic carbocycles. The molecule has 0 bridgehead atoms. The maximum absolute atomic E-state index is 11.8. The van der Waals surface area contributed by atoms with Crippen LogP contribution in [0.1, 0.15) is 36.5 Å². The van der Waals surface area contributed by atoms with Gasteiger partial charge in [0, 0.05) is 18.8 Å². The van der Waals surface area contributed by atoms with Crippen molar-refractivity contribution in [3.8, 4) is 0 Å². The van der Waals surface area contributed by atoms with Crippen LogP contribution in [0.25, 0.3) is 0 Å². The van der Waals surface area contributed by atoms with E-state index in [1.807, 2.05) is 0 Å². The Morgan fingerprint density at radius 3 is 2.62 bits per heavy atom. The van der Waals surface area contributed by atoms with Gasteiger partial charge in [-0.3, -0.25) is 0 Å². The number of likely N-dealkylation sites (N-methyl/N-ethyl adjacent to an activating group) is 1. The van der Waals surface area contributed by atoms with E-state index in [1.54, 1.807) is 13.0 Å². The molecule has 1 rings (SSSR count). The van der Waals surface area contributed by atoms with Gasteiger partial charge in [0.05, 0.1) is 5.69 Å². The predicted molar refractivity (Wildman–Crippen MR) is 81.9 cm³/mol. The molecule has 0 fully saturated rings. The average Bonchev–Trinajstić information content (AvgIpc) is 2.78. The summed E-state index contributed by atoms with van der Waals surface area (Å²) < 4.78 is 0. The van der Waals surface area contributed by atoms with Crippen LogP contribution >= 0.6 is 0 Å². The van der Waals surface area contributed by atoms with E-state index in [9.17, 15) is 9.59 Å². The minimum Gasteiger partial charge on any atom is -0.477 e. The van der Waals surface area contributed by atoms with Crippen LogP contribution in [0.5, 0.6) is 0 Å². The highest BCUT2D eigenvalue weighted by atomic mass is 16.4. The van der Waals surface area contributed by atoms with Crippen molar-refractivity contribution in [2.45, 2.75) is 27.2 Å². The van der Waals surface area contributed by atoms with Crippen LogP contribution < -0.4 is 10.6 Å². The zero-order valence-electron chi connectivity index (χ0n) is 12.8. The maximum Gasteiger partial charge on any atom is 0.354 e. The molecule has 0 radical (unpaired) electrons. The van der Waals surface area contributed by atoms with Gasteiger partial charge in [-0.1, -0.05) is 13.8 Å². The lowest BCUT2D eigenvalue weighted by Gasteiger charge is -2.19. The van der Waals surface area contributed by atoms with Crippen molar-refractivity contribution in [2.75, 3.05) is 31.5 Å². The Kier molecular flexibility index (Phi) is 6.74. The molecule has 1 aromatic heterocycles. The van der Waals surface area contributed by atoms with Crippen LogP contribution in [0.15, 0.2) is 6.07 Å². The van der Waals surface area contributed by atoms with E-state index in [0.29, 0.717) is 12.2 Å². The van der Waals surface area contributed by atoms with Gasteiger partial charge in [-0.25, -0.2) is 9.59 Å². The van der Waals surface area contributed by atoms with Crippen LogP contribution in [0, 0.1) is 6.92 Å². The Labute approximate surface area is 124 Å². The lowest BCUT2D eigenvalue weighted by atomic mass is 10.3. The number of carboxylic acid groups (broad SMARTS) is 1. The normalized spacial score (nSPS) is 10.7. The van der Waals surface area contributed by atoms with Crippen molar-refractivity contribution in [1.29, 1.82) is 0 Å². The van der Waals surface area contributed by atoms with E-state index < -0.39 is 12.0 Å². The Morgan fingerprint density at radius 2 is 2.05 bits per heavy atom. The minimum absolute atomic E-state index is 0.0104. The second kappa shape index (κ2) is 8.31. The summed E-state index contributed by atoms with van der Waals surface area (Å²) in [6, 6.07) is 1.20. The van der Waals surface area contributed by atoms with Crippen LogP contribution in [-0.4, -0.2) is 53.2 Å². The zero-order chi connectivity index (χ0) is 15.8. The molecule has 0 aliphatic carbocycles. The molecule has 118 valence electrons. The summed E-state index contributed by atoms with van der Waals surface area (Å²) in [5, 5.41) is 14.3. The molecule has 0 aliphatic heterocycles. The molecule has 0 saturated carbocycles. The summed E-state index contributed by atoms with van der Waals surface area (Å²) in [6.07, 6.45) is 1.07. The fraction of sp³-hybridized carbons (Fsp3) is 0.571. The number of aromatic carboxylic acids is 1. The van der Waals surface area contributed by atoms with E-state index in [4.69, 9.17) is 5.11 Å². The number of aryl methyl sites for hydroxylation is 1. The molecule has 0 atom stereocenters. The largest absolute Gasteiger partial charge is 0.477 e. The van der Waals surface area contributed by atoms with E-state index in [2.05, 4.69) is 34.4 Å². The highest BCUT2D eigenvalue weighted by molar-refractivity contribution is 5.99. The number of rotatable bonds is 8. The molecule has 0 spiro atoms. The number of carboxylic acids is 1. The predicted octanol–water partition coefficient (Wildman–Crippen LogP) is 1.87. The van der Waals surface area contributed by atoms with E-state index in [0.717, 1.165) is 26.1 Å². The zero-order valence-corrected chi connectivity index (χ0v) is 12.8. The topological polar surface area (TPSA) is 97.5 Å². The number of anilines is 1. The number of nitrogens with one attached hydrogen (secondary N) is 3. The quantitative estimate of drug-likeness (QED) is 0.588. The van der Waals surface area contributed by atoms with Crippen LogP contribution in [0.4, 0.5) is 10.5 Å². The molecular formula is C14H24N4O3. The Bertz CT molecular complexity index is 485. The number of aromatic amines is 1. The number of H-pyrrole nitrogens is 1. The molecule has 4 N–H and O–H groups in total. The number of hydrogen-bond acceptors (Lipinski definition) is 3. The summed E-state index contributed by atoms with van der Waals surface area (Å²) in [5.41, 5.74) is 0.949. The Hall–Kier alpha value is -2.02. The standard InChI is InChI=1S/C14H24N4O3/c1-4-7-18(5-2)8-6-15-14(21)17-11-9-10(3)16-12(11)13(19)20/h9,16H,4-8H2,1-3H3,(H,19,20)(H2,15,17,21). The first-order chi connectivity index (χ1) is 9.97. The molecular weight excluding hydrogens is 272 g/mol. The number of amides is 2. The van der Waals surface area contributed by atoms with E-state index >= 15 is 0 Å². The highest BCUT2D eigenvalue weighted by Gasteiger charge is 2.15. The van der Waals surface area contributed by atoms with Crippen LogP contribution in [0.2, 0.25) is 0 Å². The Balaban J connectivity index is 2.45. The summed E-state index contributed by atoms with van der Waals surface area (Å²) in [7, 11) is 0. The first-order valence-electron chi connectivity index (χ1n) is 7.18. The van der Waals surface area contributed by atoms with Crippen molar-refractivity contribution in [3.63, 3.8) is 0 Å².